The highest BCUT2D eigenvalue weighted by atomic mass is 35.5. The molecule has 0 aliphatic heterocycles. The summed E-state index contributed by atoms with van der Waals surface area (Å²) in [4.78, 5) is 28.0. The van der Waals surface area contributed by atoms with E-state index in [0.29, 0.717) is 27.7 Å². The van der Waals surface area contributed by atoms with Crippen LogP contribution >= 0.6 is 11.6 Å². The van der Waals surface area contributed by atoms with E-state index in [2.05, 4.69) is 15.5 Å². The molecule has 0 bridgehead atoms. The number of rotatable bonds is 3. The molecular weight excluding hydrogens is 282 g/mol. The van der Waals surface area contributed by atoms with Crippen LogP contribution in [0.1, 0.15) is 16.8 Å². The number of nitrogens with two attached hydrogens (primary N) is 1. The second-order valence-electron chi connectivity index (χ2n) is 4.35. The summed E-state index contributed by atoms with van der Waals surface area (Å²) >= 11 is 6.03. The lowest BCUT2D eigenvalue weighted by molar-refractivity contribution is 0.609. The number of nitrogens with one attached hydrogen (secondary N) is 2. The number of hydrogen-bond acceptors (Lipinski definition) is 5. The third-order valence-corrected chi connectivity index (χ3v) is 3.42. The van der Waals surface area contributed by atoms with Crippen molar-refractivity contribution in [3.63, 3.8) is 0 Å². The molecule has 2 aromatic heterocycles. The molecule has 0 unspecified atom stereocenters. The molecule has 2 rings (SSSR count). The lowest BCUT2D eigenvalue weighted by Gasteiger charge is -2.10. The summed E-state index contributed by atoms with van der Waals surface area (Å²) in [6.45, 7) is 3.27. The van der Waals surface area contributed by atoms with Crippen molar-refractivity contribution < 1.29 is 0 Å². The van der Waals surface area contributed by atoms with Crippen LogP contribution in [0.4, 0.5) is 5.82 Å². The van der Waals surface area contributed by atoms with Gasteiger partial charge in [0.2, 0.25) is 0 Å². The van der Waals surface area contributed by atoms with Crippen LogP contribution in [0.5, 0.6) is 0 Å². The van der Waals surface area contributed by atoms with Crippen molar-refractivity contribution in [2.24, 2.45) is 5.84 Å². The van der Waals surface area contributed by atoms with Crippen molar-refractivity contribution >= 4 is 17.4 Å². The zero-order chi connectivity index (χ0) is 14.9. The maximum Gasteiger partial charge on any atom is 0.268 e. The number of nitrogens with zero attached hydrogens (tertiary/aromatic N) is 2. The maximum absolute atomic E-state index is 12.1. The Hall–Kier alpha value is -2.12. The monoisotopic (exact) mass is 295 g/mol. The molecule has 8 heteroatoms. The van der Waals surface area contributed by atoms with Crippen LogP contribution in [-0.2, 0) is 6.54 Å². The molecule has 2 aromatic rings. The Morgan fingerprint density at radius 2 is 2.05 bits per heavy atom. The molecule has 0 radical (unpaired) electrons. The van der Waals surface area contributed by atoms with Crippen molar-refractivity contribution in [3.8, 4) is 0 Å². The Morgan fingerprint density at radius 1 is 1.35 bits per heavy atom. The van der Waals surface area contributed by atoms with Crippen LogP contribution in [-0.4, -0.2) is 14.8 Å². The van der Waals surface area contributed by atoms with Gasteiger partial charge in [-0.15, -0.1) is 0 Å². The number of hydrazine groups is 1. The molecule has 0 saturated carbocycles. The Bertz CT molecular complexity index is 765. The Labute approximate surface area is 119 Å². The summed E-state index contributed by atoms with van der Waals surface area (Å²) in [5.74, 6) is 5.70. The normalized spacial score (nSPS) is 10.6. The summed E-state index contributed by atoms with van der Waals surface area (Å²) in [5, 5.41) is 2.88. The highest BCUT2D eigenvalue weighted by Crippen LogP contribution is 2.16. The molecule has 2 heterocycles. The predicted molar refractivity (Wildman–Crippen MR) is 77.0 cm³/mol. The lowest BCUT2D eigenvalue weighted by atomic mass is 10.2. The van der Waals surface area contributed by atoms with E-state index in [1.54, 1.807) is 26.0 Å². The zero-order valence-corrected chi connectivity index (χ0v) is 11.8. The molecule has 0 fully saturated rings. The first-order valence-corrected chi connectivity index (χ1v) is 6.24. The van der Waals surface area contributed by atoms with Gasteiger partial charge in [-0.05, 0) is 26.0 Å². The van der Waals surface area contributed by atoms with Gasteiger partial charge in [0.1, 0.15) is 5.82 Å². The van der Waals surface area contributed by atoms with E-state index in [4.69, 9.17) is 17.4 Å². The van der Waals surface area contributed by atoms with E-state index in [0.717, 1.165) is 0 Å². The number of pyridine rings is 1. The van der Waals surface area contributed by atoms with Gasteiger partial charge in [0.15, 0.2) is 0 Å². The van der Waals surface area contributed by atoms with Gasteiger partial charge in [-0.2, -0.15) is 0 Å². The van der Waals surface area contributed by atoms with Crippen LogP contribution in [0.15, 0.2) is 21.7 Å². The van der Waals surface area contributed by atoms with Gasteiger partial charge in [0, 0.05) is 11.1 Å². The van der Waals surface area contributed by atoms with Crippen LogP contribution in [0.25, 0.3) is 0 Å². The van der Waals surface area contributed by atoms with E-state index in [9.17, 15) is 9.59 Å². The van der Waals surface area contributed by atoms with E-state index in [1.807, 2.05) is 0 Å². The molecule has 7 nitrogen and oxygen atoms in total. The molecule has 4 N–H and O–H groups in total. The molecule has 0 aliphatic rings. The molecule has 0 aromatic carbocycles. The first-order chi connectivity index (χ1) is 9.43. The molecule has 0 spiro atoms. The smallest absolute Gasteiger partial charge is 0.268 e. The molecule has 0 atom stereocenters. The van der Waals surface area contributed by atoms with Crippen molar-refractivity contribution in [2.45, 2.75) is 20.4 Å². The average molecular weight is 296 g/mol. The molecular formula is C12H14ClN5O2. The number of aromatic nitrogens is 3. The standard InChI is InChI=1S/C12H14ClN5O2/c1-6-7(2)12(20)18(17-11(6)19)5-9-8(13)3-4-10(15-9)16-14/h3-4H,5,14H2,1-2H3,(H,15,16)(H,17,19). The predicted octanol–water partition coefficient (Wildman–Crippen LogP) is 0.536. The summed E-state index contributed by atoms with van der Waals surface area (Å²) in [7, 11) is 0. The van der Waals surface area contributed by atoms with Gasteiger partial charge in [-0.25, -0.2) is 15.5 Å². The highest BCUT2D eigenvalue weighted by Gasteiger charge is 2.10. The minimum absolute atomic E-state index is 0.0591. The zero-order valence-electron chi connectivity index (χ0n) is 11.0. The number of aromatic amines is 1. The second kappa shape index (κ2) is 5.48. The number of hydrogen-bond donors (Lipinski definition) is 3. The van der Waals surface area contributed by atoms with Crippen molar-refractivity contribution in [2.75, 3.05) is 5.43 Å². The van der Waals surface area contributed by atoms with E-state index in [-0.39, 0.29) is 17.7 Å². The van der Waals surface area contributed by atoms with Gasteiger partial charge >= 0.3 is 0 Å². The summed E-state index contributed by atoms with van der Waals surface area (Å²) in [6, 6.07) is 3.22. The molecule has 20 heavy (non-hydrogen) atoms. The molecule has 0 aliphatic carbocycles. The SMILES string of the molecule is Cc1c(C)c(=O)n(Cc2nc(NN)ccc2Cl)[nH]c1=O. The van der Waals surface area contributed by atoms with Crippen molar-refractivity contribution in [1.82, 2.24) is 14.8 Å². The first kappa shape index (κ1) is 14.3. The van der Waals surface area contributed by atoms with Crippen LogP contribution in [0.3, 0.4) is 0 Å². The molecule has 0 amide bonds. The van der Waals surface area contributed by atoms with E-state index >= 15 is 0 Å². The molecule has 0 saturated heterocycles. The van der Waals surface area contributed by atoms with E-state index in [1.165, 1.54) is 4.68 Å². The van der Waals surface area contributed by atoms with Gasteiger partial charge in [0.25, 0.3) is 11.1 Å². The van der Waals surface area contributed by atoms with Crippen LogP contribution < -0.4 is 22.4 Å². The number of nitrogen functional groups attached to an aromatic ring is 1. The van der Waals surface area contributed by atoms with Gasteiger partial charge in [0.05, 0.1) is 17.3 Å². The topological polar surface area (TPSA) is 106 Å². The largest absolute Gasteiger partial charge is 0.308 e. The summed E-state index contributed by atoms with van der Waals surface area (Å²) < 4.78 is 1.18. The maximum atomic E-state index is 12.1. The fraction of sp³-hybridized carbons (Fsp3) is 0.250. The van der Waals surface area contributed by atoms with Crippen LogP contribution in [0.2, 0.25) is 5.02 Å². The van der Waals surface area contributed by atoms with Crippen molar-refractivity contribution in [3.05, 3.63) is 54.7 Å². The second-order valence-corrected chi connectivity index (χ2v) is 4.76. The Morgan fingerprint density at radius 3 is 2.70 bits per heavy atom. The number of halogens is 1. The van der Waals surface area contributed by atoms with Gasteiger partial charge in [-0.3, -0.25) is 14.7 Å². The van der Waals surface area contributed by atoms with E-state index < -0.39 is 0 Å². The number of H-pyrrole nitrogens is 1. The van der Waals surface area contributed by atoms with Gasteiger partial charge in [-0.1, -0.05) is 11.6 Å². The molecule has 106 valence electrons. The van der Waals surface area contributed by atoms with Gasteiger partial charge < -0.3 is 5.43 Å². The van der Waals surface area contributed by atoms with Crippen LogP contribution in [0, 0.1) is 13.8 Å². The first-order valence-electron chi connectivity index (χ1n) is 5.86. The third kappa shape index (κ3) is 2.59. The third-order valence-electron chi connectivity index (χ3n) is 3.08. The lowest BCUT2D eigenvalue weighted by Crippen LogP contribution is -2.33. The van der Waals surface area contributed by atoms with Crippen molar-refractivity contribution in [1.29, 1.82) is 0 Å². The summed E-state index contributed by atoms with van der Waals surface area (Å²) in [6.07, 6.45) is 0. The number of anilines is 1. The Kier molecular flexibility index (Phi) is 3.91. The quantitative estimate of drug-likeness (QED) is 0.566. The highest BCUT2D eigenvalue weighted by molar-refractivity contribution is 6.31. The minimum Gasteiger partial charge on any atom is -0.308 e. The average Bonchev–Trinajstić information content (AvgIpc) is 2.44. The Balaban J connectivity index is 2.51. The fourth-order valence-corrected chi connectivity index (χ4v) is 1.89. The minimum atomic E-state index is -0.314. The summed E-state index contributed by atoms with van der Waals surface area (Å²) in [5.41, 5.74) is 3.04. The fourth-order valence-electron chi connectivity index (χ4n) is 1.73.